The molecule has 0 amide bonds. The van der Waals surface area contributed by atoms with E-state index in [1.807, 2.05) is 14.0 Å². The van der Waals surface area contributed by atoms with Gasteiger partial charge in [0, 0.05) is 20.5 Å². The van der Waals surface area contributed by atoms with Gasteiger partial charge in [-0.2, -0.15) is 5.10 Å². The number of hydrogen-bond acceptors (Lipinski definition) is 8. The SMILES string of the molecule is CCNc1nc(CSc2nnc(C)o2)nc2c1cnn2C. The molecule has 0 bridgehead atoms. The number of hydrogen-bond donors (Lipinski definition) is 1. The molecule has 0 aliphatic carbocycles. The molecule has 3 aromatic rings. The first-order valence-electron chi connectivity index (χ1n) is 6.52. The van der Waals surface area contributed by atoms with Crippen molar-refractivity contribution in [3.05, 3.63) is 17.9 Å². The van der Waals surface area contributed by atoms with Crippen LogP contribution in [-0.4, -0.2) is 36.5 Å². The molecule has 0 aliphatic rings. The number of aromatic nitrogens is 6. The molecule has 0 spiro atoms. The van der Waals surface area contributed by atoms with E-state index in [-0.39, 0.29) is 0 Å². The highest BCUT2D eigenvalue weighted by Gasteiger charge is 2.12. The lowest BCUT2D eigenvalue weighted by molar-refractivity contribution is 0.429. The van der Waals surface area contributed by atoms with Gasteiger partial charge in [0.2, 0.25) is 5.89 Å². The zero-order valence-corrected chi connectivity index (χ0v) is 12.8. The average Bonchev–Trinajstić information content (AvgIpc) is 3.04. The quantitative estimate of drug-likeness (QED) is 0.713. The fourth-order valence-corrected chi connectivity index (χ4v) is 2.56. The van der Waals surface area contributed by atoms with Gasteiger partial charge < -0.3 is 9.73 Å². The zero-order valence-electron chi connectivity index (χ0n) is 12.0. The molecule has 0 unspecified atom stereocenters. The van der Waals surface area contributed by atoms with E-state index in [4.69, 9.17) is 4.42 Å². The van der Waals surface area contributed by atoms with Crippen molar-refractivity contribution in [3.63, 3.8) is 0 Å². The minimum Gasteiger partial charge on any atom is -0.416 e. The maximum absolute atomic E-state index is 5.33. The van der Waals surface area contributed by atoms with Crippen molar-refractivity contribution >= 4 is 28.6 Å². The van der Waals surface area contributed by atoms with Crippen LogP contribution in [0.1, 0.15) is 18.6 Å². The Hall–Kier alpha value is -2.16. The summed E-state index contributed by atoms with van der Waals surface area (Å²) >= 11 is 1.42. The molecule has 0 fully saturated rings. The standard InChI is InChI=1S/C12H15N7OS/c1-4-13-10-8-5-14-19(3)11(8)16-9(15-10)6-21-12-18-17-7(2)20-12/h5H,4,6H2,1-3H3,(H,13,15,16). The number of nitrogens with one attached hydrogen (secondary N) is 1. The van der Waals surface area contributed by atoms with Gasteiger partial charge in [-0.15, -0.1) is 10.2 Å². The Bertz CT molecular complexity index is 766. The summed E-state index contributed by atoms with van der Waals surface area (Å²) in [5.74, 6) is 2.60. The molecule has 0 saturated heterocycles. The number of aryl methyl sites for hydroxylation is 2. The minimum absolute atomic E-state index is 0.520. The van der Waals surface area contributed by atoms with E-state index in [1.165, 1.54) is 11.8 Å². The monoisotopic (exact) mass is 305 g/mol. The topological polar surface area (TPSA) is 94.6 Å². The molecule has 8 nitrogen and oxygen atoms in total. The largest absolute Gasteiger partial charge is 0.416 e. The lowest BCUT2D eigenvalue weighted by Crippen LogP contribution is -2.05. The molecular formula is C12H15N7OS. The molecular weight excluding hydrogens is 290 g/mol. The molecule has 0 saturated carbocycles. The third kappa shape index (κ3) is 2.82. The van der Waals surface area contributed by atoms with Crippen molar-refractivity contribution in [2.24, 2.45) is 7.05 Å². The van der Waals surface area contributed by atoms with Crippen LogP contribution >= 0.6 is 11.8 Å². The minimum atomic E-state index is 0.520. The van der Waals surface area contributed by atoms with Gasteiger partial charge in [-0.3, -0.25) is 4.68 Å². The molecule has 0 atom stereocenters. The van der Waals surface area contributed by atoms with E-state index in [1.54, 1.807) is 17.8 Å². The number of anilines is 1. The molecule has 9 heteroatoms. The van der Waals surface area contributed by atoms with Crippen molar-refractivity contribution in [3.8, 4) is 0 Å². The van der Waals surface area contributed by atoms with Gasteiger partial charge in [-0.1, -0.05) is 11.8 Å². The van der Waals surface area contributed by atoms with Crippen molar-refractivity contribution in [1.29, 1.82) is 0 Å². The highest BCUT2D eigenvalue weighted by Crippen LogP contribution is 2.24. The molecule has 1 N–H and O–H groups in total. The third-order valence-corrected chi connectivity index (χ3v) is 3.63. The predicted molar refractivity (Wildman–Crippen MR) is 79.1 cm³/mol. The number of rotatable bonds is 5. The van der Waals surface area contributed by atoms with Crippen LogP contribution in [0.5, 0.6) is 0 Å². The lowest BCUT2D eigenvalue weighted by Gasteiger charge is -2.06. The van der Waals surface area contributed by atoms with Gasteiger partial charge in [0.1, 0.15) is 11.6 Å². The Balaban J connectivity index is 1.89. The molecule has 3 aromatic heterocycles. The fourth-order valence-electron chi connectivity index (χ4n) is 1.90. The molecule has 110 valence electrons. The Labute approximate surface area is 125 Å². The zero-order chi connectivity index (χ0) is 14.8. The molecule has 0 aliphatic heterocycles. The van der Waals surface area contributed by atoms with Crippen LogP contribution in [-0.2, 0) is 12.8 Å². The highest BCUT2D eigenvalue weighted by molar-refractivity contribution is 7.98. The summed E-state index contributed by atoms with van der Waals surface area (Å²) in [6, 6.07) is 0. The third-order valence-electron chi connectivity index (χ3n) is 2.81. The van der Waals surface area contributed by atoms with E-state index >= 15 is 0 Å². The molecule has 21 heavy (non-hydrogen) atoms. The van der Waals surface area contributed by atoms with Gasteiger partial charge in [0.25, 0.3) is 5.22 Å². The van der Waals surface area contributed by atoms with Crippen LogP contribution in [0.2, 0.25) is 0 Å². The average molecular weight is 305 g/mol. The van der Waals surface area contributed by atoms with Gasteiger partial charge in [-0.05, 0) is 6.92 Å². The summed E-state index contributed by atoms with van der Waals surface area (Å²) in [5, 5.41) is 16.7. The second-order valence-electron chi connectivity index (χ2n) is 4.40. The predicted octanol–water partition coefficient (Wildman–Crippen LogP) is 1.78. The van der Waals surface area contributed by atoms with Gasteiger partial charge in [0.15, 0.2) is 5.65 Å². The highest BCUT2D eigenvalue weighted by atomic mass is 32.2. The fraction of sp³-hybridized carbons (Fsp3) is 0.417. The van der Waals surface area contributed by atoms with Gasteiger partial charge in [-0.25, -0.2) is 9.97 Å². The van der Waals surface area contributed by atoms with Crippen molar-refractivity contribution in [1.82, 2.24) is 29.9 Å². The van der Waals surface area contributed by atoms with E-state index in [0.717, 1.165) is 23.4 Å². The number of thioether (sulfide) groups is 1. The second-order valence-corrected chi connectivity index (χ2v) is 5.33. The van der Waals surface area contributed by atoms with Crippen molar-refractivity contribution < 1.29 is 4.42 Å². The summed E-state index contributed by atoms with van der Waals surface area (Å²) in [6.45, 7) is 4.58. The first-order valence-corrected chi connectivity index (χ1v) is 7.51. The molecule has 3 rings (SSSR count). The van der Waals surface area contributed by atoms with Gasteiger partial charge in [0.05, 0.1) is 17.3 Å². The van der Waals surface area contributed by atoms with Crippen LogP contribution in [0, 0.1) is 6.92 Å². The second kappa shape index (κ2) is 5.68. The molecule has 0 radical (unpaired) electrons. The Morgan fingerprint density at radius 3 is 2.90 bits per heavy atom. The van der Waals surface area contributed by atoms with Gasteiger partial charge >= 0.3 is 0 Å². The summed E-state index contributed by atoms with van der Waals surface area (Å²) < 4.78 is 7.07. The van der Waals surface area contributed by atoms with E-state index in [0.29, 0.717) is 22.7 Å². The molecule has 3 heterocycles. The van der Waals surface area contributed by atoms with Crippen LogP contribution in [0.4, 0.5) is 5.82 Å². The first kappa shape index (κ1) is 13.8. The van der Waals surface area contributed by atoms with Crippen LogP contribution in [0.15, 0.2) is 15.8 Å². The number of fused-ring (bicyclic) bond motifs is 1. The Morgan fingerprint density at radius 2 is 2.19 bits per heavy atom. The first-order chi connectivity index (χ1) is 10.2. The smallest absolute Gasteiger partial charge is 0.277 e. The van der Waals surface area contributed by atoms with Crippen molar-refractivity contribution in [2.45, 2.75) is 24.8 Å². The Morgan fingerprint density at radius 1 is 1.33 bits per heavy atom. The van der Waals surface area contributed by atoms with E-state index in [2.05, 4.69) is 30.6 Å². The molecule has 0 aromatic carbocycles. The van der Waals surface area contributed by atoms with Crippen LogP contribution < -0.4 is 5.32 Å². The summed E-state index contributed by atoms with van der Waals surface area (Å²) in [4.78, 5) is 9.08. The number of nitrogens with zero attached hydrogens (tertiary/aromatic N) is 6. The van der Waals surface area contributed by atoms with E-state index < -0.39 is 0 Å². The summed E-state index contributed by atoms with van der Waals surface area (Å²) in [5.41, 5.74) is 0.804. The maximum atomic E-state index is 5.33. The van der Waals surface area contributed by atoms with E-state index in [9.17, 15) is 0 Å². The maximum Gasteiger partial charge on any atom is 0.277 e. The normalized spacial score (nSPS) is 11.2. The Kier molecular flexibility index (Phi) is 3.74. The van der Waals surface area contributed by atoms with Crippen molar-refractivity contribution in [2.75, 3.05) is 11.9 Å². The summed E-state index contributed by atoms with van der Waals surface area (Å²) in [7, 11) is 1.86. The summed E-state index contributed by atoms with van der Waals surface area (Å²) in [6.07, 6.45) is 1.77. The van der Waals surface area contributed by atoms with Crippen LogP contribution in [0.25, 0.3) is 11.0 Å². The van der Waals surface area contributed by atoms with Crippen LogP contribution in [0.3, 0.4) is 0 Å². The lowest BCUT2D eigenvalue weighted by atomic mass is 10.4.